The molecule has 19 heavy (non-hydrogen) atoms. The summed E-state index contributed by atoms with van der Waals surface area (Å²) in [6, 6.07) is 5.69. The molecular formula is C16H25FN2. The number of hydrogen-bond acceptors (Lipinski definition) is 2. The second kappa shape index (κ2) is 6.02. The van der Waals surface area contributed by atoms with Crippen molar-refractivity contribution in [1.82, 2.24) is 4.90 Å². The van der Waals surface area contributed by atoms with Crippen molar-refractivity contribution in [2.75, 3.05) is 13.1 Å². The van der Waals surface area contributed by atoms with Crippen LogP contribution in [-0.4, -0.2) is 24.0 Å². The molecule has 2 rings (SSSR count). The standard InChI is InChI=1S/C16H25FN2/c1-11(2)19(10-13-4-5-13)16(9-18)15-7-6-14(17)8-12(15)3/h6-8,11,13,16H,4-5,9-10,18H2,1-3H3. The van der Waals surface area contributed by atoms with Gasteiger partial charge in [-0.2, -0.15) is 0 Å². The van der Waals surface area contributed by atoms with Crippen LogP contribution < -0.4 is 5.73 Å². The van der Waals surface area contributed by atoms with E-state index < -0.39 is 0 Å². The third-order valence-electron chi connectivity index (χ3n) is 4.04. The summed E-state index contributed by atoms with van der Waals surface area (Å²) >= 11 is 0. The lowest BCUT2D eigenvalue weighted by Gasteiger charge is -2.35. The molecule has 2 nitrogen and oxygen atoms in total. The lowest BCUT2D eigenvalue weighted by atomic mass is 9.98. The van der Waals surface area contributed by atoms with Crippen LogP contribution in [-0.2, 0) is 0 Å². The molecule has 1 atom stereocenters. The molecule has 1 unspecified atom stereocenters. The molecular weight excluding hydrogens is 239 g/mol. The van der Waals surface area contributed by atoms with Crippen LogP contribution in [0.4, 0.5) is 4.39 Å². The van der Waals surface area contributed by atoms with Crippen LogP contribution in [0.3, 0.4) is 0 Å². The quantitative estimate of drug-likeness (QED) is 0.854. The van der Waals surface area contributed by atoms with Gasteiger partial charge >= 0.3 is 0 Å². The maximum atomic E-state index is 13.2. The van der Waals surface area contributed by atoms with Gasteiger partial charge in [-0.05, 0) is 62.8 Å². The normalized spacial score (nSPS) is 17.2. The Kier molecular flexibility index (Phi) is 4.58. The summed E-state index contributed by atoms with van der Waals surface area (Å²) in [6.45, 7) is 8.08. The Morgan fingerprint density at radius 2 is 2.05 bits per heavy atom. The number of nitrogens with two attached hydrogens (primary N) is 1. The number of nitrogens with zero attached hydrogens (tertiary/aromatic N) is 1. The van der Waals surface area contributed by atoms with Gasteiger partial charge in [0, 0.05) is 25.2 Å². The minimum atomic E-state index is -0.171. The molecule has 0 spiro atoms. The molecule has 0 bridgehead atoms. The van der Waals surface area contributed by atoms with Crippen LogP contribution in [0, 0.1) is 18.7 Å². The molecule has 0 saturated heterocycles. The SMILES string of the molecule is Cc1cc(F)ccc1C(CN)N(CC1CC1)C(C)C. The molecule has 1 aromatic rings. The lowest BCUT2D eigenvalue weighted by molar-refractivity contribution is 0.149. The lowest BCUT2D eigenvalue weighted by Crippen LogP contribution is -2.40. The van der Waals surface area contributed by atoms with Crippen molar-refractivity contribution >= 4 is 0 Å². The van der Waals surface area contributed by atoms with Gasteiger partial charge in [-0.25, -0.2) is 4.39 Å². The number of aryl methyl sites for hydroxylation is 1. The zero-order chi connectivity index (χ0) is 14.0. The average molecular weight is 264 g/mol. The van der Waals surface area contributed by atoms with E-state index in [2.05, 4.69) is 18.7 Å². The largest absolute Gasteiger partial charge is 0.329 e. The number of benzene rings is 1. The first-order valence-electron chi connectivity index (χ1n) is 7.24. The van der Waals surface area contributed by atoms with E-state index >= 15 is 0 Å². The van der Waals surface area contributed by atoms with Gasteiger partial charge in [-0.1, -0.05) is 6.07 Å². The summed E-state index contributed by atoms with van der Waals surface area (Å²) < 4.78 is 13.2. The highest BCUT2D eigenvalue weighted by atomic mass is 19.1. The van der Waals surface area contributed by atoms with Crippen molar-refractivity contribution in [3.8, 4) is 0 Å². The Balaban J connectivity index is 2.24. The minimum absolute atomic E-state index is 0.171. The Bertz CT molecular complexity index is 427. The molecule has 1 saturated carbocycles. The van der Waals surface area contributed by atoms with Crippen LogP contribution in [0.15, 0.2) is 18.2 Å². The van der Waals surface area contributed by atoms with E-state index in [0.29, 0.717) is 12.6 Å². The fraction of sp³-hybridized carbons (Fsp3) is 0.625. The molecule has 106 valence electrons. The summed E-state index contributed by atoms with van der Waals surface area (Å²) in [5.41, 5.74) is 8.17. The zero-order valence-corrected chi connectivity index (χ0v) is 12.2. The van der Waals surface area contributed by atoms with Crippen LogP contribution >= 0.6 is 0 Å². The molecule has 1 aliphatic rings. The number of hydrogen-bond donors (Lipinski definition) is 1. The van der Waals surface area contributed by atoms with Crippen LogP contribution in [0.25, 0.3) is 0 Å². The molecule has 2 N–H and O–H groups in total. The summed E-state index contributed by atoms with van der Waals surface area (Å²) in [6.07, 6.45) is 2.67. The summed E-state index contributed by atoms with van der Waals surface area (Å²) in [7, 11) is 0. The Hall–Kier alpha value is -0.930. The van der Waals surface area contributed by atoms with Crippen LogP contribution in [0.2, 0.25) is 0 Å². The van der Waals surface area contributed by atoms with E-state index in [-0.39, 0.29) is 11.9 Å². The Morgan fingerprint density at radius 3 is 2.53 bits per heavy atom. The number of halogens is 1. The second-order valence-corrected chi connectivity index (χ2v) is 5.99. The van der Waals surface area contributed by atoms with Crippen molar-refractivity contribution in [2.24, 2.45) is 11.7 Å². The Labute approximate surface area is 115 Å². The average Bonchev–Trinajstić information content (AvgIpc) is 3.14. The van der Waals surface area contributed by atoms with E-state index in [0.717, 1.165) is 18.0 Å². The maximum Gasteiger partial charge on any atom is 0.123 e. The first-order chi connectivity index (χ1) is 9.02. The fourth-order valence-corrected chi connectivity index (χ4v) is 2.75. The topological polar surface area (TPSA) is 29.3 Å². The van der Waals surface area contributed by atoms with Crippen molar-refractivity contribution < 1.29 is 4.39 Å². The van der Waals surface area contributed by atoms with Gasteiger partial charge < -0.3 is 5.73 Å². The van der Waals surface area contributed by atoms with Gasteiger partial charge in [0.25, 0.3) is 0 Å². The van der Waals surface area contributed by atoms with Crippen molar-refractivity contribution in [2.45, 2.75) is 45.7 Å². The van der Waals surface area contributed by atoms with E-state index in [1.54, 1.807) is 12.1 Å². The minimum Gasteiger partial charge on any atom is -0.329 e. The highest BCUT2D eigenvalue weighted by molar-refractivity contribution is 5.30. The van der Waals surface area contributed by atoms with Gasteiger partial charge in [0.05, 0.1) is 0 Å². The molecule has 3 heteroatoms. The third-order valence-corrected chi connectivity index (χ3v) is 4.04. The summed E-state index contributed by atoms with van der Waals surface area (Å²) in [4.78, 5) is 2.47. The first kappa shape index (κ1) is 14.5. The summed E-state index contributed by atoms with van der Waals surface area (Å²) in [5, 5.41) is 0. The predicted octanol–water partition coefficient (Wildman–Crippen LogP) is 3.25. The zero-order valence-electron chi connectivity index (χ0n) is 12.2. The van der Waals surface area contributed by atoms with Crippen LogP contribution in [0.1, 0.15) is 43.9 Å². The molecule has 1 fully saturated rings. The second-order valence-electron chi connectivity index (χ2n) is 5.99. The molecule has 1 aromatic carbocycles. The van der Waals surface area contributed by atoms with E-state index in [1.165, 1.54) is 18.4 Å². The van der Waals surface area contributed by atoms with E-state index in [1.807, 2.05) is 13.0 Å². The van der Waals surface area contributed by atoms with Gasteiger partial charge in [0.2, 0.25) is 0 Å². The highest BCUT2D eigenvalue weighted by Gasteiger charge is 2.30. The first-order valence-corrected chi connectivity index (χ1v) is 7.24. The van der Waals surface area contributed by atoms with Gasteiger partial charge in [0.15, 0.2) is 0 Å². The van der Waals surface area contributed by atoms with E-state index in [4.69, 9.17) is 5.73 Å². The monoisotopic (exact) mass is 264 g/mol. The molecule has 0 amide bonds. The third kappa shape index (κ3) is 3.54. The van der Waals surface area contributed by atoms with E-state index in [9.17, 15) is 4.39 Å². The molecule has 1 aliphatic carbocycles. The van der Waals surface area contributed by atoms with Crippen LogP contribution in [0.5, 0.6) is 0 Å². The van der Waals surface area contributed by atoms with Crippen molar-refractivity contribution in [1.29, 1.82) is 0 Å². The Morgan fingerprint density at radius 1 is 1.37 bits per heavy atom. The smallest absolute Gasteiger partial charge is 0.123 e. The van der Waals surface area contributed by atoms with Gasteiger partial charge in [0.1, 0.15) is 5.82 Å². The van der Waals surface area contributed by atoms with Gasteiger partial charge in [-0.15, -0.1) is 0 Å². The predicted molar refractivity (Wildman–Crippen MR) is 77.5 cm³/mol. The maximum absolute atomic E-state index is 13.2. The van der Waals surface area contributed by atoms with Crippen molar-refractivity contribution in [3.63, 3.8) is 0 Å². The molecule has 0 heterocycles. The molecule has 0 radical (unpaired) electrons. The summed E-state index contributed by atoms with van der Waals surface area (Å²) in [5.74, 6) is 0.660. The number of rotatable bonds is 6. The highest BCUT2D eigenvalue weighted by Crippen LogP contribution is 2.34. The molecule has 0 aromatic heterocycles. The van der Waals surface area contributed by atoms with Gasteiger partial charge in [-0.3, -0.25) is 4.90 Å². The fourth-order valence-electron chi connectivity index (χ4n) is 2.75. The molecule has 0 aliphatic heterocycles. The van der Waals surface area contributed by atoms with Crippen molar-refractivity contribution in [3.05, 3.63) is 35.1 Å².